The molecule has 0 heterocycles. The van der Waals surface area contributed by atoms with Gasteiger partial charge in [-0.05, 0) is 69.1 Å². The minimum absolute atomic E-state index is 0.0963. The highest BCUT2D eigenvalue weighted by molar-refractivity contribution is 7.47. The number of ether oxygens (including phenoxy) is 4. The van der Waals surface area contributed by atoms with Gasteiger partial charge >= 0.3 is 39.5 Å². The molecule has 0 aromatic heterocycles. The van der Waals surface area contributed by atoms with Gasteiger partial charge in [0.05, 0.1) is 26.4 Å². The zero-order valence-corrected chi connectivity index (χ0v) is 62.0. The molecule has 548 valence electrons. The molecular weight excluding hydrogens is 1220 g/mol. The minimum Gasteiger partial charge on any atom is -0.462 e. The van der Waals surface area contributed by atoms with E-state index in [9.17, 15) is 43.2 Å². The number of allylic oxidation sites excluding steroid dienone is 4. The van der Waals surface area contributed by atoms with E-state index in [1.165, 1.54) is 135 Å². The minimum atomic E-state index is -4.96. The Kier molecular flexibility index (Phi) is 62.5. The highest BCUT2D eigenvalue weighted by atomic mass is 31.2. The Morgan fingerprint density at radius 2 is 0.634 bits per heavy atom. The van der Waals surface area contributed by atoms with Gasteiger partial charge in [-0.15, -0.1) is 0 Å². The van der Waals surface area contributed by atoms with E-state index in [1.807, 2.05) is 0 Å². The SMILES string of the molecule is CCCCCC/C=C\C=C/CCCCCCCC(=O)OC[C@H](COP(=O)(O)OC[C@@H](O)COP(=O)(O)OC[C@@H](COC(=O)CCCCCCCCC(C)CC)OC(=O)CCCCCCCCCCCCCCCCCC(C)C)OC(=O)CCCCCCCCCC(C)C. The Labute approximate surface area is 567 Å². The molecule has 0 spiro atoms. The number of phosphoric ester groups is 2. The van der Waals surface area contributed by atoms with Gasteiger partial charge in [0.25, 0.3) is 0 Å². The van der Waals surface area contributed by atoms with Crippen molar-refractivity contribution in [2.24, 2.45) is 17.8 Å². The summed E-state index contributed by atoms with van der Waals surface area (Å²) in [5, 5.41) is 10.6. The summed E-state index contributed by atoms with van der Waals surface area (Å²) in [7, 11) is -9.92. The number of carbonyl (C=O) groups is 4. The molecule has 0 rings (SSSR count). The maximum Gasteiger partial charge on any atom is 0.472 e. The fourth-order valence-electron chi connectivity index (χ4n) is 10.7. The molecule has 0 fully saturated rings. The van der Waals surface area contributed by atoms with Crippen LogP contribution < -0.4 is 0 Å². The molecule has 0 aromatic carbocycles. The van der Waals surface area contributed by atoms with E-state index in [4.69, 9.17) is 37.0 Å². The number of aliphatic hydroxyl groups excluding tert-OH is 1. The molecule has 93 heavy (non-hydrogen) atoms. The van der Waals surface area contributed by atoms with Gasteiger partial charge in [-0.2, -0.15) is 0 Å². The van der Waals surface area contributed by atoms with Crippen molar-refractivity contribution in [3.63, 3.8) is 0 Å². The van der Waals surface area contributed by atoms with Gasteiger partial charge in [-0.3, -0.25) is 37.3 Å². The van der Waals surface area contributed by atoms with Crippen molar-refractivity contribution in [3.05, 3.63) is 24.3 Å². The van der Waals surface area contributed by atoms with Crippen LogP contribution in [-0.2, 0) is 65.4 Å². The van der Waals surface area contributed by atoms with Crippen LogP contribution in [0.4, 0.5) is 0 Å². The first-order valence-electron chi connectivity index (χ1n) is 37.7. The molecule has 6 atom stereocenters. The van der Waals surface area contributed by atoms with E-state index in [0.717, 1.165) is 127 Å². The summed E-state index contributed by atoms with van der Waals surface area (Å²) in [6.07, 6.45) is 52.3. The van der Waals surface area contributed by atoms with E-state index in [-0.39, 0.29) is 25.7 Å². The third kappa shape index (κ3) is 66.6. The van der Waals surface area contributed by atoms with Crippen LogP contribution in [0.3, 0.4) is 0 Å². The fourth-order valence-corrected chi connectivity index (χ4v) is 12.3. The predicted molar refractivity (Wildman–Crippen MR) is 377 cm³/mol. The molecule has 0 saturated heterocycles. The summed E-state index contributed by atoms with van der Waals surface area (Å²) in [4.78, 5) is 72.6. The summed E-state index contributed by atoms with van der Waals surface area (Å²) in [5.41, 5.74) is 0. The number of rotatable bonds is 70. The third-order valence-electron chi connectivity index (χ3n) is 16.9. The number of esters is 4. The van der Waals surface area contributed by atoms with Crippen molar-refractivity contribution in [2.75, 3.05) is 39.6 Å². The van der Waals surface area contributed by atoms with Crippen molar-refractivity contribution < 1.29 is 80.2 Å². The smallest absolute Gasteiger partial charge is 0.462 e. The lowest BCUT2D eigenvalue weighted by Gasteiger charge is -2.21. The molecule has 0 bridgehead atoms. The summed E-state index contributed by atoms with van der Waals surface area (Å²) in [6.45, 7) is 11.7. The van der Waals surface area contributed by atoms with Crippen LogP contribution in [0.1, 0.15) is 350 Å². The number of phosphoric acid groups is 2. The molecule has 0 saturated carbocycles. The van der Waals surface area contributed by atoms with Crippen LogP contribution in [0.15, 0.2) is 24.3 Å². The van der Waals surface area contributed by atoms with Gasteiger partial charge in [-0.1, -0.05) is 297 Å². The van der Waals surface area contributed by atoms with Crippen LogP contribution in [-0.4, -0.2) is 96.7 Å². The number of unbranched alkanes of at least 4 members (excludes halogenated alkanes) is 34. The first kappa shape index (κ1) is 90.5. The maximum atomic E-state index is 13.0. The molecule has 19 heteroatoms. The summed E-state index contributed by atoms with van der Waals surface area (Å²) >= 11 is 0. The molecule has 3 unspecified atom stereocenters. The highest BCUT2D eigenvalue weighted by Crippen LogP contribution is 2.45. The molecule has 17 nitrogen and oxygen atoms in total. The van der Waals surface area contributed by atoms with E-state index in [1.54, 1.807) is 0 Å². The number of hydrogen-bond donors (Lipinski definition) is 3. The standard InChI is InChI=1S/C74H140O17P2/c1-8-10-11-12-13-14-15-16-18-22-25-28-33-41-48-55-71(76)84-61-69(91-74(79)58-51-44-35-30-32-39-46-53-66(5)6)63-88-92(80,81)86-59-68(75)60-87-93(82,83)89-64-70(62-85-72(77)56-49-42-37-36-40-47-54-67(7)9-2)90-73(78)57-50-43-34-29-26-23-20-17-19-21-24-27-31-38-45-52-65(3)4/h14-16,18,65-70,75H,8-13,17,19-64H2,1-7H3,(H,80,81)(H,82,83)/b15-14-,18-16-/t67?,68-,69-,70-/m1/s1. The first-order valence-corrected chi connectivity index (χ1v) is 40.7. The molecule has 0 aliphatic heterocycles. The molecule has 0 radical (unpaired) electrons. The van der Waals surface area contributed by atoms with Gasteiger partial charge in [0.15, 0.2) is 12.2 Å². The molecule has 0 amide bonds. The average molecular weight is 1360 g/mol. The van der Waals surface area contributed by atoms with E-state index < -0.39 is 97.5 Å². The van der Waals surface area contributed by atoms with Crippen LogP contribution in [0.5, 0.6) is 0 Å². The normalized spacial score (nSPS) is 14.6. The Morgan fingerprint density at radius 1 is 0.355 bits per heavy atom. The van der Waals surface area contributed by atoms with E-state index >= 15 is 0 Å². The van der Waals surface area contributed by atoms with Crippen molar-refractivity contribution in [2.45, 2.75) is 369 Å². The van der Waals surface area contributed by atoms with Gasteiger partial charge in [-0.25, -0.2) is 9.13 Å². The number of hydrogen-bond acceptors (Lipinski definition) is 15. The lowest BCUT2D eigenvalue weighted by Crippen LogP contribution is -2.30. The fraction of sp³-hybridized carbons (Fsp3) is 0.892. The van der Waals surface area contributed by atoms with Crippen molar-refractivity contribution in [1.82, 2.24) is 0 Å². The van der Waals surface area contributed by atoms with Crippen molar-refractivity contribution >= 4 is 39.5 Å². The molecule has 3 N–H and O–H groups in total. The van der Waals surface area contributed by atoms with Crippen LogP contribution >= 0.6 is 15.6 Å². The van der Waals surface area contributed by atoms with E-state index in [2.05, 4.69) is 72.8 Å². The Hall–Kier alpha value is -2.46. The van der Waals surface area contributed by atoms with Gasteiger partial charge < -0.3 is 33.8 Å². The van der Waals surface area contributed by atoms with Crippen molar-refractivity contribution in [1.29, 1.82) is 0 Å². The lowest BCUT2D eigenvalue weighted by molar-refractivity contribution is -0.161. The number of carbonyl (C=O) groups excluding carboxylic acids is 4. The molecule has 0 aliphatic rings. The van der Waals surface area contributed by atoms with Gasteiger partial charge in [0.1, 0.15) is 19.3 Å². The second-order valence-electron chi connectivity index (χ2n) is 27.2. The zero-order chi connectivity index (χ0) is 68.7. The molecular formula is C74H140O17P2. The van der Waals surface area contributed by atoms with Gasteiger partial charge in [0, 0.05) is 25.7 Å². The van der Waals surface area contributed by atoms with Gasteiger partial charge in [0.2, 0.25) is 0 Å². The quantitative estimate of drug-likeness (QED) is 0.0169. The molecule has 0 aliphatic carbocycles. The summed E-state index contributed by atoms with van der Waals surface area (Å²) < 4.78 is 68.3. The Balaban J connectivity index is 5.24. The largest absolute Gasteiger partial charge is 0.472 e. The summed E-state index contributed by atoms with van der Waals surface area (Å²) in [6, 6.07) is 0. The van der Waals surface area contributed by atoms with Crippen LogP contribution in [0, 0.1) is 17.8 Å². The highest BCUT2D eigenvalue weighted by Gasteiger charge is 2.30. The summed E-state index contributed by atoms with van der Waals surface area (Å²) in [5.74, 6) is 0.0677. The zero-order valence-electron chi connectivity index (χ0n) is 60.2. The Bertz CT molecular complexity index is 1910. The van der Waals surface area contributed by atoms with Crippen LogP contribution in [0.2, 0.25) is 0 Å². The monoisotopic (exact) mass is 1360 g/mol. The average Bonchev–Trinajstić information content (AvgIpc) is 2.36. The second kappa shape index (κ2) is 64.2. The first-order chi connectivity index (χ1) is 44.8. The lowest BCUT2D eigenvalue weighted by atomic mass is 10.00. The topological polar surface area (TPSA) is 237 Å². The third-order valence-corrected chi connectivity index (χ3v) is 18.8. The van der Waals surface area contributed by atoms with Crippen molar-refractivity contribution in [3.8, 4) is 0 Å². The second-order valence-corrected chi connectivity index (χ2v) is 30.1. The number of aliphatic hydroxyl groups is 1. The maximum absolute atomic E-state index is 13.0. The Morgan fingerprint density at radius 3 is 0.957 bits per heavy atom. The molecule has 0 aromatic rings. The van der Waals surface area contributed by atoms with E-state index in [0.29, 0.717) is 31.6 Å². The predicted octanol–water partition coefficient (Wildman–Crippen LogP) is 21.0. The van der Waals surface area contributed by atoms with Crippen LogP contribution in [0.25, 0.3) is 0 Å².